The predicted octanol–water partition coefficient (Wildman–Crippen LogP) is 2.86. The van der Waals surface area contributed by atoms with Crippen molar-refractivity contribution in [2.24, 2.45) is 0 Å². The maximum Gasteiger partial charge on any atom is 0.169 e. The van der Waals surface area contributed by atoms with Gasteiger partial charge in [0.15, 0.2) is 5.78 Å². The molecule has 2 rings (SSSR count). The fraction of sp³-hybridized carbons (Fsp3) is 0.133. The number of para-hydroxylation sites is 1. The van der Waals surface area contributed by atoms with Crippen molar-refractivity contribution in [1.29, 1.82) is 0 Å². The third kappa shape index (κ3) is 2.69. The first-order valence-electron chi connectivity index (χ1n) is 5.78. The van der Waals surface area contributed by atoms with Crippen LogP contribution in [-0.2, 0) is 6.42 Å². The number of hydrogen-bond acceptors (Lipinski definition) is 3. The molecule has 2 aromatic rings. The molecule has 18 heavy (non-hydrogen) atoms. The second-order valence-electron chi connectivity index (χ2n) is 4.07. The van der Waals surface area contributed by atoms with Gasteiger partial charge in [0.2, 0.25) is 0 Å². The second-order valence-corrected chi connectivity index (χ2v) is 4.07. The summed E-state index contributed by atoms with van der Waals surface area (Å²) >= 11 is 0. The molecule has 0 bridgehead atoms. The first-order chi connectivity index (χ1) is 8.70. The lowest BCUT2D eigenvalue weighted by molar-refractivity contribution is 0.0994. The van der Waals surface area contributed by atoms with E-state index in [1.807, 2.05) is 24.3 Å². The molecule has 0 unspecified atom stereocenters. The Kier molecular flexibility index (Phi) is 3.63. The van der Waals surface area contributed by atoms with Gasteiger partial charge in [-0.25, -0.2) is 0 Å². The predicted molar refractivity (Wildman–Crippen MR) is 72.1 cm³/mol. The summed E-state index contributed by atoms with van der Waals surface area (Å²) in [5.41, 5.74) is 2.30. The normalized spacial score (nSPS) is 10.1. The summed E-state index contributed by atoms with van der Waals surface area (Å²) in [5.74, 6) is 0.216. The summed E-state index contributed by atoms with van der Waals surface area (Å²) in [6, 6.07) is 14.2. The van der Waals surface area contributed by atoms with Crippen LogP contribution in [0.5, 0.6) is 5.75 Å². The Morgan fingerprint density at radius 1 is 1.17 bits per heavy atom. The second kappa shape index (κ2) is 5.36. The van der Waals surface area contributed by atoms with Crippen LogP contribution in [0.2, 0.25) is 0 Å². The SMILES string of the molecule is CNc1ccccc1C(=O)Cc1cccc(O)c1. The molecule has 0 aliphatic carbocycles. The molecule has 3 heteroatoms. The van der Waals surface area contributed by atoms with Gasteiger partial charge < -0.3 is 10.4 Å². The van der Waals surface area contributed by atoms with Crippen LogP contribution in [0.15, 0.2) is 48.5 Å². The number of benzene rings is 2. The Morgan fingerprint density at radius 2 is 1.94 bits per heavy atom. The Bertz CT molecular complexity index is 564. The van der Waals surface area contributed by atoms with E-state index in [-0.39, 0.29) is 18.0 Å². The molecule has 2 N–H and O–H groups in total. The molecule has 92 valence electrons. The summed E-state index contributed by atoms with van der Waals surface area (Å²) in [6.07, 6.45) is 0.285. The Balaban J connectivity index is 2.22. The highest BCUT2D eigenvalue weighted by molar-refractivity contribution is 6.02. The largest absolute Gasteiger partial charge is 0.508 e. The van der Waals surface area contributed by atoms with Crippen LogP contribution >= 0.6 is 0 Å². The smallest absolute Gasteiger partial charge is 0.169 e. The van der Waals surface area contributed by atoms with E-state index in [1.54, 1.807) is 31.3 Å². The van der Waals surface area contributed by atoms with Gasteiger partial charge in [-0.05, 0) is 29.8 Å². The first-order valence-corrected chi connectivity index (χ1v) is 5.78. The molecule has 0 aliphatic rings. The quantitative estimate of drug-likeness (QED) is 0.809. The summed E-state index contributed by atoms with van der Waals surface area (Å²) < 4.78 is 0. The standard InChI is InChI=1S/C15H15NO2/c1-16-14-8-3-2-7-13(14)15(18)10-11-5-4-6-12(17)9-11/h2-9,16-17H,10H2,1H3. The van der Waals surface area contributed by atoms with E-state index in [1.165, 1.54) is 0 Å². The van der Waals surface area contributed by atoms with Crippen LogP contribution in [0.3, 0.4) is 0 Å². The number of phenolic OH excluding ortho intramolecular Hbond substituents is 1. The highest BCUT2D eigenvalue weighted by Gasteiger charge is 2.10. The highest BCUT2D eigenvalue weighted by Crippen LogP contribution is 2.18. The van der Waals surface area contributed by atoms with Crippen molar-refractivity contribution in [1.82, 2.24) is 0 Å². The summed E-state index contributed by atoms with van der Waals surface area (Å²) in [7, 11) is 1.79. The summed E-state index contributed by atoms with van der Waals surface area (Å²) in [5, 5.41) is 12.4. The van der Waals surface area contributed by atoms with Gasteiger partial charge in [-0.15, -0.1) is 0 Å². The average Bonchev–Trinajstić information content (AvgIpc) is 2.38. The fourth-order valence-corrected chi connectivity index (χ4v) is 1.89. The monoisotopic (exact) mass is 241 g/mol. The number of carbonyl (C=O) groups excluding carboxylic acids is 1. The van der Waals surface area contributed by atoms with Gasteiger partial charge in [0, 0.05) is 24.7 Å². The lowest BCUT2D eigenvalue weighted by Gasteiger charge is -2.08. The van der Waals surface area contributed by atoms with Gasteiger partial charge in [0.05, 0.1) is 0 Å². The highest BCUT2D eigenvalue weighted by atomic mass is 16.3. The van der Waals surface area contributed by atoms with Crippen molar-refractivity contribution < 1.29 is 9.90 Å². The molecule has 0 amide bonds. The van der Waals surface area contributed by atoms with Crippen molar-refractivity contribution in [3.05, 3.63) is 59.7 Å². The number of hydrogen-bond donors (Lipinski definition) is 2. The molecule has 0 heterocycles. The zero-order valence-electron chi connectivity index (χ0n) is 10.2. The van der Waals surface area contributed by atoms with Gasteiger partial charge >= 0.3 is 0 Å². The Hall–Kier alpha value is -2.29. The zero-order valence-corrected chi connectivity index (χ0v) is 10.2. The lowest BCUT2D eigenvalue weighted by Crippen LogP contribution is -2.06. The topological polar surface area (TPSA) is 49.3 Å². The molecule has 0 aliphatic heterocycles. The molecule has 0 atom stereocenters. The minimum atomic E-state index is 0.0329. The number of nitrogens with one attached hydrogen (secondary N) is 1. The van der Waals surface area contributed by atoms with E-state index in [9.17, 15) is 9.90 Å². The van der Waals surface area contributed by atoms with E-state index in [0.717, 1.165) is 11.3 Å². The first kappa shape index (κ1) is 12.2. The summed E-state index contributed by atoms with van der Waals surface area (Å²) in [6.45, 7) is 0. The van der Waals surface area contributed by atoms with Crippen LogP contribution in [0.1, 0.15) is 15.9 Å². The number of carbonyl (C=O) groups is 1. The van der Waals surface area contributed by atoms with Gasteiger partial charge in [0.1, 0.15) is 5.75 Å². The minimum absolute atomic E-state index is 0.0329. The van der Waals surface area contributed by atoms with E-state index < -0.39 is 0 Å². The van der Waals surface area contributed by atoms with Crippen molar-refractivity contribution >= 4 is 11.5 Å². The lowest BCUT2D eigenvalue weighted by atomic mass is 10.0. The maximum atomic E-state index is 12.2. The van der Waals surface area contributed by atoms with Crippen molar-refractivity contribution in [3.8, 4) is 5.75 Å². The van der Waals surface area contributed by atoms with Gasteiger partial charge in [-0.3, -0.25) is 4.79 Å². The van der Waals surface area contributed by atoms with Gasteiger partial charge in [-0.2, -0.15) is 0 Å². The van der Waals surface area contributed by atoms with Crippen LogP contribution < -0.4 is 5.32 Å². The molecule has 0 radical (unpaired) electrons. The van der Waals surface area contributed by atoms with Crippen molar-refractivity contribution in [2.75, 3.05) is 12.4 Å². The molecular formula is C15H15NO2. The third-order valence-corrected chi connectivity index (χ3v) is 2.77. The minimum Gasteiger partial charge on any atom is -0.508 e. The molecule has 0 saturated heterocycles. The number of phenols is 1. The zero-order chi connectivity index (χ0) is 13.0. The number of aromatic hydroxyl groups is 1. The molecular weight excluding hydrogens is 226 g/mol. The van der Waals surface area contributed by atoms with Crippen LogP contribution in [0.25, 0.3) is 0 Å². The van der Waals surface area contributed by atoms with E-state index in [2.05, 4.69) is 5.32 Å². The summed E-state index contributed by atoms with van der Waals surface area (Å²) in [4.78, 5) is 12.2. The van der Waals surface area contributed by atoms with Gasteiger partial charge in [0.25, 0.3) is 0 Å². The molecule has 0 spiro atoms. The molecule has 0 saturated carbocycles. The van der Waals surface area contributed by atoms with Crippen LogP contribution in [-0.4, -0.2) is 17.9 Å². The average molecular weight is 241 g/mol. The Morgan fingerprint density at radius 3 is 2.67 bits per heavy atom. The molecule has 0 fully saturated rings. The van der Waals surface area contributed by atoms with Crippen molar-refractivity contribution in [3.63, 3.8) is 0 Å². The number of ketones is 1. The number of rotatable bonds is 4. The van der Waals surface area contributed by atoms with Crippen molar-refractivity contribution in [2.45, 2.75) is 6.42 Å². The molecule has 3 nitrogen and oxygen atoms in total. The van der Waals surface area contributed by atoms with E-state index in [0.29, 0.717) is 5.56 Å². The van der Waals surface area contributed by atoms with Crippen LogP contribution in [0, 0.1) is 0 Å². The van der Waals surface area contributed by atoms with E-state index in [4.69, 9.17) is 0 Å². The molecule has 2 aromatic carbocycles. The Labute approximate surface area is 106 Å². The fourth-order valence-electron chi connectivity index (χ4n) is 1.89. The van der Waals surface area contributed by atoms with Crippen LogP contribution in [0.4, 0.5) is 5.69 Å². The number of Topliss-reactive ketones (excluding diaryl/α,β-unsaturated/α-hetero) is 1. The van der Waals surface area contributed by atoms with Gasteiger partial charge in [-0.1, -0.05) is 24.3 Å². The molecule has 0 aromatic heterocycles. The maximum absolute atomic E-state index is 12.2. The van der Waals surface area contributed by atoms with E-state index >= 15 is 0 Å². The number of anilines is 1. The third-order valence-electron chi connectivity index (χ3n) is 2.77.